The minimum atomic E-state index is -0.0150. The van der Waals surface area contributed by atoms with Gasteiger partial charge < -0.3 is 10.2 Å². The molecule has 0 saturated heterocycles. The Morgan fingerprint density at radius 3 is 2.59 bits per heavy atom. The predicted octanol–water partition coefficient (Wildman–Crippen LogP) is 4.32. The Balaban J connectivity index is 0.00000240. The summed E-state index contributed by atoms with van der Waals surface area (Å²) in [4.78, 5) is 28.5. The van der Waals surface area contributed by atoms with Gasteiger partial charge in [0.25, 0.3) is 5.91 Å². The molecule has 29 heavy (non-hydrogen) atoms. The van der Waals surface area contributed by atoms with E-state index in [0.717, 1.165) is 40.1 Å². The highest BCUT2D eigenvalue weighted by Crippen LogP contribution is 2.35. The third-order valence-electron chi connectivity index (χ3n) is 6.27. The number of aryl methyl sites for hydroxylation is 1. The van der Waals surface area contributed by atoms with Crippen LogP contribution in [0.3, 0.4) is 0 Å². The van der Waals surface area contributed by atoms with Gasteiger partial charge in [0.1, 0.15) is 4.83 Å². The molecule has 2 aromatic rings. The molecule has 2 atom stereocenters. The number of amides is 2. The Labute approximate surface area is 182 Å². The van der Waals surface area contributed by atoms with Crippen molar-refractivity contribution in [1.82, 2.24) is 20.0 Å². The zero-order valence-electron chi connectivity index (χ0n) is 17.4. The Morgan fingerprint density at radius 1 is 1.17 bits per heavy atom. The van der Waals surface area contributed by atoms with Crippen LogP contribution in [0.5, 0.6) is 0 Å². The number of nitrogens with zero attached hydrogens (tertiary/aromatic N) is 3. The molecule has 0 radical (unpaired) electrons. The highest BCUT2D eigenvalue weighted by atomic mass is 35.5. The summed E-state index contributed by atoms with van der Waals surface area (Å²) in [7, 11) is 3.59. The first-order valence-electron chi connectivity index (χ1n) is 10.4. The normalized spacial score (nSPS) is 22.4. The molecule has 2 saturated carbocycles. The third kappa shape index (κ3) is 4.45. The average Bonchev–Trinajstić information content (AvgIpc) is 3.38. The zero-order chi connectivity index (χ0) is 19.8. The van der Waals surface area contributed by atoms with Crippen molar-refractivity contribution in [3.8, 4) is 0 Å². The van der Waals surface area contributed by atoms with E-state index in [9.17, 15) is 9.59 Å². The maximum atomic E-state index is 12.9. The highest BCUT2D eigenvalue weighted by Gasteiger charge is 2.32. The Hall–Kier alpha value is -1.60. The molecule has 1 N–H and O–H groups in total. The van der Waals surface area contributed by atoms with Gasteiger partial charge in [-0.05, 0) is 45.1 Å². The number of hydrogen-bond donors (Lipinski definition) is 1. The summed E-state index contributed by atoms with van der Waals surface area (Å²) in [6, 6.07) is 2.55. The lowest BCUT2D eigenvalue weighted by atomic mass is 9.96. The summed E-state index contributed by atoms with van der Waals surface area (Å²) in [6.07, 6.45) is 8.66. The van der Waals surface area contributed by atoms with Gasteiger partial charge in [0.05, 0.1) is 16.6 Å². The molecule has 0 bridgehead atoms. The third-order valence-corrected chi connectivity index (χ3v) is 7.39. The van der Waals surface area contributed by atoms with E-state index in [1.807, 2.05) is 13.0 Å². The Bertz CT molecular complexity index is 885. The molecule has 0 aromatic carbocycles. The summed E-state index contributed by atoms with van der Waals surface area (Å²) in [5.41, 5.74) is 1.01. The summed E-state index contributed by atoms with van der Waals surface area (Å²) in [6.45, 7) is 2.03. The lowest BCUT2D eigenvalue weighted by molar-refractivity contribution is -0.132. The molecular formula is C21H31ClN4O2S. The van der Waals surface area contributed by atoms with Crippen molar-refractivity contribution >= 4 is 45.8 Å². The number of aromatic nitrogens is 2. The van der Waals surface area contributed by atoms with Crippen molar-refractivity contribution in [3.63, 3.8) is 0 Å². The second-order valence-corrected chi connectivity index (χ2v) is 9.59. The minimum Gasteiger partial charge on any atom is -0.349 e. The maximum absolute atomic E-state index is 12.9. The first-order chi connectivity index (χ1) is 13.4. The number of fused-ring (bicyclic) bond motifs is 1. The van der Waals surface area contributed by atoms with Gasteiger partial charge in [-0.25, -0.2) is 0 Å². The molecule has 0 spiro atoms. The lowest BCUT2D eigenvalue weighted by Gasteiger charge is -2.22. The van der Waals surface area contributed by atoms with E-state index in [4.69, 9.17) is 5.10 Å². The van der Waals surface area contributed by atoms with Gasteiger partial charge in [0, 0.05) is 31.4 Å². The van der Waals surface area contributed by atoms with Gasteiger partial charge in [-0.15, -0.1) is 23.7 Å². The average molecular weight is 439 g/mol. The van der Waals surface area contributed by atoms with E-state index >= 15 is 0 Å². The maximum Gasteiger partial charge on any atom is 0.261 e. The van der Waals surface area contributed by atoms with E-state index in [2.05, 4.69) is 10.00 Å². The van der Waals surface area contributed by atoms with Crippen LogP contribution in [-0.4, -0.2) is 46.6 Å². The van der Waals surface area contributed by atoms with Crippen LogP contribution < -0.4 is 5.32 Å². The Kier molecular flexibility index (Phi) is 6.89. The first kappa shape index (κ1) is 22.1. The van der Waals surface area contributed by atoms with E-state index < -0.39 is 0 Å². The van der Waals surface area contributed by atoms with E-state index in [1.54, 1.807) is 30.3 Å². The molecule has 2 aliphatic carbocycles. The largest absolute Gasteiger partial charge is 0.349 e. The summed E-state index contributed by atoms with van der Waals surface area (Å²) in [5.74, 6) is 0.186. The zero-order valence-corrected chi connectivity index (χ0v) is 19.1. The van der Waals surface area contributed by atoms with Crippen LogP contribution in [0, 0.1) is 12.8 Å². The van der Waals surface area contributed by atoms with E-state index in [-0.39, 0.29) is 36.2 Å². The molecule has 0 aliphatic heterocycles. The standard InChI is InChI=1S/C21H30N4O2S.ClH/c1-13-17-12-18(28-21(17)25(23-13)16-7-5-4-6-8-16)19(26)22-15-10-9-14(11-15)20(27)24(2)3;/h12,14-16H,4-11H2,1-3H3,(H,22,26);1H/t14-,15-;/m1./s1. The fourth-order valence-electron chi connectivity index (χ4n) is 4.72. The minimum absolute atomic E-state index is 0. The van der Waals surface area contributed by atoms with Gasteiger partial charge in [0.2, 0.25) is 5.91 Å². The van der Waals surface area contributed by atoms with Crippen LogP contribution >= 0.6 is 23.7 Å². The molecule has 2 amide bonds. The predicted molar refractivity (Wildman–Crippen MR) is 119 cm³/mol. The first-order valence-corrected chi connectivity index (χ1v) is 11.3. The van der Waals surface area contributed by atoms with Gasteiger partial charge in [0.15, 0.2) is 0 Å². The van der Waals surface area contributed by atoms with Crippen molar-refractivity contribution in [2.75, 3.05) is 14.1 Å². The SMILES string of the molecule is Cc1nn(C2CCCCC2)c2sc(C(=O)N[C@@H]3CC[C@@H](C(=O)N(C)C)C3)cc12.Cl. The van der Waals surface area contributed by atoms with Gasteiger partial charge >= 0.3 is 0 Å². The van der Waals surface area contributed by atoms with Crippen LogP contribution in [0.1, 0.15) is 72.8 Å². The second kappa shape index (κ2) is 9.04. The quantitative estimate of drug-likeness (QED) is 0.772. The fourth-order valence-corrected chi connectivity index (χ4v) is 5.85. The number of rotatable bonds is 4. The molecule has 6 nitrogen and oxygen atoms in total. The number of halogens is 1. The number of hydrogen-bond acceptors (Lipinski definition) is 4. The van der Waals surface area contributed by atoms with Crippen LogP contribution in [0.4, 0.5) is 0 Å². The van der Waals surface area contributed by atoms with Gasteiger partial charge in [-0.1, -0.05) is 19.3 Å². The second-order valence-electron chi connectivity index (χ2n) is 8.56. The van der Waals surface area contributed by atoms with Crippen LogP contribution in [0.25, 0.3) is 10.2 Å². The molecule has 4 rings (SSSR count). The van der Waals surface area contributed by atoms with Crippen molar-refractivity contribution in [2.24, 2.45) is 5.92 Å². The smallest absolute Gasteiger partial charge is 0.261 e. The highest BCUT2D eigenvalue weighted by molar-refractivity contribution is 7.20. The fraction of sp³-hybridized carbons (Fsp3) is 0.667. The van der Waals surface area contributed by atoms with Crippen LogP contribution in [0.2, 0.25) is 0 Å². The van der Waals surface area contributed by atoms with Crippen molar-refractivity contribution in [2.45, 2.75) is 70.4 Å². The van der Waals surface area contributed by atoms with E-state index in [0.29, 0.717) is 6.04 Å². The number of nitrogens with one attached hydrogen (secondary N) is 1. The summed E-state index contributed by atoms with van der Waals surface area (Å²) in [5, 5.41) is 9.04. The molecule has 160 valence electrons. The molecule has 0 unspecified atom stereocenters. The van der Waals surface area contributed by atoms with Gasteiger partial charge in [-0.2, -0.15) is 5.10 Å². The Morgan fingerprint density at radius 2 is 1.90 bits per heavy atom. The number of carbonyl (C=O) groups excluding carboxylic acids is 2. The topological polar surface area (TPSA) is 67.2 Å². The number of thiophene rings is 1. The monoisotopic (exact) mass is 438 g/mol. The molecular weight excluding hydrogens is 408 g/mol. The van der Waals surface area contributed by atoms with Gasteiger partial charge in [-0.3, -0.25) is 14.3 Å². The van der Waals surface area contributed by atoms with Crippen LogP contribution in [0.15, 0.2) is 6.07 Å². The van der Waals surface area contributed by atoms with E-state index in [1.165, 1.54) is 32.1 Å². The molecule has 2 fully saturated rings. The summed E-state index contributed by atoms with van der Waals surface area (Å²) >= 11 is 1.56. The summed E-state index contributed by atoms with van der Waals surface area (Å²) < 4.78 is 2.17. The van der Waals surface area contributed by atoms with Crippen molar-refractivity contribution < 1.29 is 9.59 Å². The van der Waals surface area contributed by atoms with Crippen molar-refractivity contribution in [1.29, 1.82) is 0 Å². The molecule has 8 heteroatoms. The molecule has 2 aliphatic rings. The molecule has 2 aromatic heterocycles. The number of carbonyl (C=O) groups is 2. The molecule has 2 heterocycles. The lowest BCUT2D eigenvalue weighted by Crippen LogP contribution is -2.34. The van der Waals surface area contributed by atoms with Crippen molar-refractivity contribution in [3.05, 3.63) is 16.6 Å². The van der Waals surface area contributed by atoms with Crippen LogP contribution in [-0.2, 0) is 4.79 Å².